The lowest BCUT2D eigenvalue weighted by Crippen LogP contribution is -2.43. The van der Waals surface area contributed by atoms with Gasteiger partial charge in [0.25, 0.3) is 0 Å². The molecule has 1 unspecified atom stereocenters. The summed E-state index contributed by atoms with van der Waals surface area (Å²) in [5.41, 5.74) is 1.99. The number of hydrogen-bond donors (Lipinski definition) is 2. The zero-order valence-electron chi connectivity index (χ0n) is 18.2. The van der Waals surface area contributed by atoms with E-state index in [9.17, 15) is 13.9 Å². The lowest BCUT2D eigenvalue weighted by atomic mass is 10.1. The SMILES string of the molecule is Cn1cc2cc(-c3ccc4nc(N5CCC(NC6(CF)CC6)C5)ccc4n3)c(O)c(F)c2n1. The van der Waals surface area contributed by atoms with Crippen LogP contribution in [-0.2, 0) is 7.05 Å². The Hall–Kier alpha value is -3.33. The number of fused-ring (bicyclic) bond motifs is 2. The summed E-state index contributed by atoms with van der Waals surface area (Å²) in [5.74, 6) is -0.358. The Kier molecular flexibility index (Phi) is 4.52. The van der Waals surface area contributed by atoms with Crippen LogP contribution in [0, 0.1) is 5.82 Å². The van der Waals surface area contributed by atoms with E-state index < -0.39 is 11.6 Å². The fourth-order valence-corrected chi connectivity index (χ4v) is 4.74. The minimum atomic E-state index is -0.753. The molecule has 1 aromatic carbocycles. The first-order chi connectivity index (χ1) is 15.9. The number of alkyl halides is 1. The number of aromatic hydroxyl groups is 1. The van der Waals surface area contributed by atoms with Gasteiger partial charge < -0.3 is 15.3 Å². The van der Waals surface area contributed by atoms with Gasteiger partial charge in [0.05, 0.1) is 16.7 Å². The zero-order valence-corrected chi connectivity index (χ0v) is 18.2. The fourth-order valence-electron chi connectivity index (χ4n) is 4.74. The number of pyridine rings is 2. The lowest BCUT2D eigenvalue weighted by molar-refractivity contribution is 0.332. The third-order valence-electron chi connectivity index (χ3n) is 6.76. The van der Waals surface area contributed by atoms with Gasteiger partial charge in [-0.05, 0) is 49.6 Å². The minimum Gasteiger partial charge on any atom is -0.504 e. The summed E-state index contributed by atoms with van der Waals surface area (Å²) < 4.78 is 29.4. The van der Waals surface area contributed by atoms with Crippen molar-refractivity contribution < 1.29 is 13.9 Å². The number of hydrogen-bond acceptors (Lipinski definition) is 6. The van der Waals surface area contributed by atoms with Crippen molar-refractivity contribution in [3.8, 4) is 17.0 Å². The Morgan fingerprint density at radius 2 is 1.97 bits per heavy atom. The van der Waals surface area contributed by atoms with E-state index in [4.69, 9.17) is 4.98 Å². The Morgan fingerprint density at radius 1 is 1.18 bits per heavy atom. The van der Waals surface area contributed by atoms with Gasteiger partial charge in [0.1, 0.15) is 18.0 Å². The summed E-state index contributed by atoms with van der Waals surface area (Å²) in [5, 5.41) is 18.6. The minimum absolute atomic E-state index is 0.128. The van der Waals surface area contributed by atoms with E-state index >= 15 is 0 Å². The number of benzene rings is 1. The molecule has 1 saturated heterocycles. The molecule has 0 bridgehead atoms. The molecule has 9 heteroatoms. The van der Waals surface area contributed by atoms with Crippen molar-refractivity contribution in [2.75, 3.05) is 24.7 Å². The number of aromatic nitrogens is 4. The van der Waals surface area contributed by atoms with Crippen molar-refractivity contribution in [2.45, 2.75) is 30.8 Å². The average Bonchev–Trinajstić information content (AvgIpc) is 3.25. The number of phenols is 1. The maximum Gasteiger partial charge on any atom is 0.193 e. The highest BCUT2D eigenvalue weighted by molar-refractivity contribution is 5.89. The molecule has 6 rings (SSSR count). The Balaban J connectivity index is 1.28. The molecular formula is C24H24F2N6O. The third kappa shape index (κ3) is 3.47. The molecule has 0 radical (unpaired) electrons. The van der Waals surface area contributed by atoms with Crippen LogP contribution in [0.15, 0.2) is 36.5 Å². The molecule has 2 fully saturated rings. The van der Waals surface area contributed by atoms with Crippen molar-refractivity contribution in [3.63, 3.8) is 0 Å². The summed E-state index contributed by atoms with van der Waals surface area (Å²) >= 11 is 0. The molecule has 1 aliphatic heterocycles. The van der Waals surface area contributed by atoms with Crippen LogP contribution in [-0.4, -0.2) is 56.2 Å². The molecule has 2 aliphatic rings. The van der Waals surface area contributed by atoms with E-state index in [0.717, 1.165) is 43.7 Å². The van der Waals surface area contributed by atoms with E-state index in [1.54, 1.807) is 25.4 Å². The molecule has 3 aromatic heterocycles. The second-order valence-corrected chi connectivity index (χ2v) is 9.22. The predicted octanol–water partition coefficient (Wildman–Crippen LogP) is 3.70. The fraction of sp³-hybridized carbons (Fsp3) is 0.375. The summed E-state index contributed by atoms with van der Waals surface area (Å²) in [6.07, 6.45) is 4.48. The van der Waals surface area contributed by atoms with E-state index in [0.29, 0.717) is 22.2 Å². The standard InChI is InChI=1S/C24H24F2N6O/c1-31-11-14-10-16(23(33)21(26)22(14)30-31)17-2-3-19-18(27-17)4-5-20(28-19)32-9-6-15(12-32)29-24(13-25)7-8-24/h2-5,10-11,15,29,33H,6-9,12-13H2,1H3. The highest BCUT2D eigenvalue weighted by atomic mass is 19.1. The third-order valence-corrected chi connectivity index (χ3v) is 6.76. The quantitative estimate of drug-likeness (QED) is 0.483. The van der Waals surface area contributed by atoms with Crippen LogP contribution in [0.5, 0.6) is 5.75 Å². The maximum atomic E-state index is 14.7. The summed E-state index contributed by atoms with van der Waals surface area (Å²) in [6, 6.07) is 9.35. The number of aryl methyl sites for hydroxylation is 1. The molecule has 1 saturated carbocycles. The number of nitrogens with zero attached hydrogens (tertiary/aromatic N) is 5. The Labute approximate surface area is 189 Å². The highest BCUT2D eigenvalue weighted by Gasteiger charge is 2.45. The van der Waals surface area contributed by atoms with Crippen LogP contribution >= 0.6 is 0 Å². The predicted molar refractivity (Wildman–Crippen MR) is 123 cm³/mol. The average molecular weight is 450 g/mol. The number of anilines is 1. The van der Waals surface area contributed by atoms with Crippen LogP contribution in [0.3, 0.4) is 0 Å². The van der Waals surface area contributed by atoms with Gasteiger partial charge in [-0.15, -0.1) is 0 Å². The smallest absolute Gasteiger partial charge is 0.193 e. The topological polar surface area (TPSA) is 79.1 Å². The normalized spacial score (nSPS) is 19.6. The van der Waals surface area contributed by atoms with E-state index in [-0.39, 0.29) is 23.8 Å². The van der Waals surface area contributed by atoms with Crippen molar-refractivity contribution in [1.29, 1.82) is 0 Å². The molecule has 33 heavy (non-hydrogen) atoms. The molecule has 4 aromatic rings. The van der Waals surface area contributed by atoms with Gasteiger partial charge >= 0.3 is 0 Å². The molecule has 0 amide bonds. The number of nitrogens with one attached hydrogen (secondary N) is 1. The van der Waals surface area contributed by atoms with Crippen LogP contribution < -0.4 is 10.2 Å². The van der Waals surface area contributed by atoms with E-state index in [1.165, 1.54) is 4.68 Å². The zero-order chi connectivity index (χ0) is 22.7. The summed E-state index contributed by atoms with van der Waals surface area (Å²) in [6.45, 7) is 1.35. The Morgan fingerprint density at radius 3 is 2.76 bits per heavy atom. The van der Waals surface area contributed by atoms with Gasteiger partial charge in [0.2, 0.25) is 0 Å². The van der Waals surface area contributed by atoms with Crippen LogP contribution in [0.2, 0.25) is 0 Å². The molecule has 4 heterocycles. The van der Waals surface area contributed by atoms with Crippen molar-refractivity contribution in [1.82, 2.24) is 25.1 Å². The molecule has 2 N–H and O–H groups in total. The largest absolute Gasteiger partial charge is 0.504 e. The summed E-state index contributed by atoms with van der Waals surface area (Å²) in [4.78, 5) is 11.6. The van der Waals surface area contributed by atoms with E-state index in [2.05, 4.69) is 20.3 Å². The van der Waals surface area contributed by atoms with Gasteiger partial charge in [-0.25, -0.2) is 18.7 Å². The van der Waals surface area contributed by atoms with Crippen molar-refractivity contribution in [3.05, 3.63) is 42.3 Å². The van der Waals surface area contributed by atoms with E-state index in [1.807, 2.05) is 18.2 Å². The van der Waals surface area contributed by atoms with Gasteiger partial charge in [0, 0.05) is 48.9 Å². The van der Waals surface area contributed by atoms with Crippen LogP contribution in [0.4, 0.5) is 14.6 Å². The van der Waals surface area contributed by atoms with Crippen LogP contribution in [0.1, 0.15) is 19.3 Å². The first-order valence-electron chi connectivity index (χ1n) is 11.2. The molecular weight excluding hydrogens is 426 g/mol. The number of phenolic OH excluding ortho intramolecular Hbond substituents is 1. The monoisotopic (exact) mass is 450 g/mol. The molecule has 7 nitrogen and oxygen atoms in total. The first-order valence-corrected chi connectivity index (χ1v) is 11.2. The number of rotatable bonds is 5. The lowest BCUT2D eigenvalue weighted by Gasteiger charge is -2.21. The molecule has 1 aliphatic carbocycles. The second-order valence-electron chi connectivity index (χ2n) is 9.22. The highest BCUT2D eigenvalue weighted by Crippen LogP contribution is 2.38. The van der Waals surface area contributed by atoms with Crippen LogP contribution in [0.25, 0.3) is 33.2 Å². The van der Waals surface area contributed by atoms with Crippen molar-refractivity contribution >= 4 is 27.8 Å². The Bertz CT molecular complexity index is 1380. The molecule has 1 atom stereocenters. The first kappa shape index (κ1) is 20.3. The maximum absolute atomic E-state index is 14.7. The van der Waals surface area contributed by atoms with Gasteiger partial charge in [-0.2, -0.15) is 5.10 Å². The molecule has 0 spiro atoms. The van der Waals surface area contributed by atoms with Gasteiger partial charge in [0.15, 0.2) is 11.6 Å². The second kappa shape index (κ2) is 7.34. The molecule has 170 valence electrons. The summed E-state index contributed by atoms with van der Waals surface area (Å²) in [7, 11) is 1.71. The van der Waals surface area contributed by atoms with Gasteiger partial charge in [-0.1, -0.05) is 0 Å². The number of halogens is 2. The van der Waals surface area contributed by atoms with Gasteiger partial charge in [-0.3, -0.25) is 4.68 Å². The van der Waals surface area contributed by atoms with Crippen molar-refractivity contribution in [2.24, 2.45) is 7.05 Å².